The molecule has 1 aromatic carbocycles. The SMILES string of the molecule is Cc1cc(NC(C)C(N)=O)ccc1Br. The first-order valence-electron chi connectivity index (χ1n) is 4.32. The third-order valence-corrected chi connectivity index (χ3v) is 2.86. The largest absolute Gasteiger partial charge is 0.374 e. The zero-order chi connectivity index (χ0) is 10.7. The van der Waals surface area contributed by atoms with Gasteiger partial charge in [0.2, 0.25) is 5.91 Å². The van der Waals surface area contributed by atoms with Crippen LogP contribution in [0, 0.1) is 6.92 Å². The van der Waals surface area contributed by atoms with Crippen LogP contribution in [0.15, 0.2) is 22.7 Å². The van der Waals surface area contributed by atoms with Gasteiger partial charge in [-0.2, -0.15) is 0 Å². The van der Waals surface area contributed by atoms with E-state index in [1.165, 1.54) is 0 Å². The normalized spacial score (nSPS) is 12.2. The van der Waals surface area contributed by atoms with E-state index in [0.29, 0.717) is 0 Å². The maximum absolute atomic E-state index is 10.8. The molecule has 0 bridgehead atoms. The lowest BCUT2D eigenvalue weighted by Crippen LogP contribution is -2.32. The second-order valence-corrected chi connectivity index (χ2v) is 4.09. The molecule has 3 N–H and O–H groups in total. The van der Waals surface area contributed by atoms with Gasteiger partial charge in [-0.1, -0.05) is 15.9 Å². The summed E-state index contributed by atoms with van der Waals surface area (Å²) in [7, 11) is 0. The number of nitrogens with one attached hydrogen (secondary N) is 1. The van der Waals surface area contributed by atoms with Crippen LogP contribution < -0.4 is 11.1 Å². The van der Waals surface area contributed by atoms with E-state index in [2.05, 4.69) is 21.2 Å². The number of halogens is 1. The van der Waals surface area contributed by atoms with Crippen LogP contribution in [-0.2, 0) is 4.79 Å². The lowest BCUT2D eigenvalue weighted by atomic mass is 10.2. The van der Waals surface area contributed by atoms with Crippen molar-refractivity contribution in [1.29, 1.82) is 0 Å². The molecular weight excluding hydrogens is 244 g/mol. The first-order valence-corrected chi connectivity index (χ1v) is 5.12. The number of hydrogen-bond acceptors (Lipinski definition) is 2. The van der Waals surface area contributed by atoms with E-state index in [1.807, 2.05) is 25.1 Å². The summed E-state index contributed by atoms with van der Waals surface area (Å²) in [5.41, 5.74) is 7.16. The zero-order valence-electron chi connectivity index (χ0n) is 8.17. The number of primary amides is 1. The van der Waals surface area contributed by atoms with Gasteiger partial charge in [-0.15, -0.1) is 0 Å². The van der Waals surface area contributed by atoms with Gasteiger partial charge in [0.25, 0.3) is 0 Å². The number of nitrogens with two attached hydrogens (primary N) is 1. The molecular formula is C10H13BrN2O. The molecule has 0 saturated heterocycles. The molecule has 0 saturated carbocycles. The molecule has 0 aliphatic carbocycles. The summed E-state index contributed by atoms with van der Waals surface area (Å²) >= 11 is 3.41. The summed E-state index contributed by atoms with van der Waals surface area (Å²) in [6.07, 6.45) is 0. The monoisotopic (exact) mass is 256 g/mol. The molecule has 14 heavy (non-hydrogen) atoms. The van der Waals surface area contributed by atoms with Crippen molar-refractivity contribution >= 4 is 27.5 Å². The smallest absolute Gasteiger partial charge is 0.239 e. The third-order valence-electron chi connectivity index (χ3n) is 1.97. The minimum atomic E-state index is -0.356. The molecule has 1 unspecified atom stereocenters. The van der Waals surface area contributed by atoms with Crippen LogP contribution in [0.2, 0.25) is 0 Å². The Morgan fingerprint density at radius 3 is 2.71 bits per heavy atom. The van der Waals surface area contributed by atoms with Gasteiger partial charge in [-0.25, -0.2) is 0 Å². The van der Waals surface area contributed by atoms with Crippen molar-refractivity contribution in [3.05, 3.63) is 28.2 Å². The first kappa shape index (κ1) is 11.0. The number of benzene rings is 1. The Balaban J connectivity index is 2.78. The van der Waals surface area contributed by atoms with Crippen molar-refractivity contribution in [2.24, 2.45) is 5.73 Å². The van der Waals surface area contributed by atoms with Gasteiger partial charge >= 0.3 is 0 Å². The van der Waals surface area contributed by atoms with E-state index in [4.69, 9.17) is 5.73 Å². The van der Waals surface area contributed by atoms with E-state index < -0.39 is 0 Å². The minimum absolute atomic E-state index is 0.351. The highest BCUT2D eigenvalue weighted by Gasteiger charge is 2.07. The van der Waals surface area contributed by atoms with E-state index in [-0.39, 0.29) is 11.9 Å². The van der Waals surface area contributed by atoms with Crippen molar-refractivity contribution in [2.45, 2.75) is 19.9 Å². The van der Waals surface area contributed by atoms with Crippen LogP contribution in [-0.4, -0.2) is 11.9 Å². The van der Waals surface area contributed by atoms with Gasteiger partial charge in [-0.05, 0) is 37.6 Å². The molecule has 0 radical (unpaired) electrons. The highest BCUT2D eigenvalue weighted by molar-refractivity contribution is 9.10. The van der Waals surface area contributed by atoms with Crippen LogP contribution >= 0.6 is 15.9 Å². The summed E-state index contributed by atoms with van der Waals surface area (Å²) < 4.78 is 1.05. The number of anilines is 1. The van der Waals surface area contributed by atoms with Crippen molar-refractivity contribution in [3.8, 4) is 0 Å². The van der Waals surface area contributed by atoms with Crippen LogP contribution in [0.4, 0.5) is 5.69 Å². The second kappa shape index (κ2) is 4.46. The van der Waals surface area contributed by atoms with Gasteiger partial charge in [0, 0.05) is 10.2 Å². The van der Waals surface area contributed by atoms with Crippen molar-refractivity contribution < 1.29 is 4.79 Å². The third kappa shape index (κ3) is 2.73. The second-order valence-electron chi connectivity index (χ2n) is 3.23. The van der Waals surface area contributed by atoms with E-state index >= 15 is 0 Å². The predicted octanol–water partition coefficient (Wildman–Crippen LogP) is 2.04. The number of hydrogen-bond donors (Lipinski definition) is 2. The standard InChI is InChI=1S/C10H13BrN2O/c1-6-5-8(3-4-9(6)11)13-7(2)10(12)14/h3-5,7,13H,1-2H3,(H2,12,14). The maximum atomic E-state index is 10.8. The topological polar surface area (TPSA) is 55.1 Å². The molecule has 1 aromatic rings. The predicted molar refractivity (Wildman–Crippen MR) is 61.2 cm³/mol. The van der Waals surface area contributed by atoms with E-state index in [1.54, 1.807) is 6.92 Å². The Hall–Kier alpha value is -1.03. The Kier molecular flexibility index (Phi) is 3.52. The maximum Gasteiger partial charge on any atom is 0.239 e. The quantitative estimate of drug-likeness (QED) is 0.870. The summed E-state index contributed by atoms with van der Waals surface area (Å²) in [6, 6.07) is 5.45. The minimum Gasteiger partial charge on any atom is -0.374 e. The van der Waals surface area contributed by atoms with Crippen LogP contribution in [0.25, 0.3) is 0 Å². The summed E-state index contributed by atoms with van der Waals surface area (Å²) in [4.78, 5) is 10.8. The lowest BCUT2D eigenvalue weighted by molar-refractivity contribution is -0.118. The summed E-state index contributed by atoms with van der Waals surface area (Å²) in [5, 5.41) is 3.01. The molecule has 0 aliphatic heterocycles. The fourth-order valence-electron chi connectivity index (χ4n) is 1.06. The fraction of sp³-hybridized carbons (Fsp3) is 0.300. The highest BCUT2D eigenvalue weighted by atomic mass is 79.9. The Morgan fingerprint density at radius 1 is 1.57 bits per heavy atom. The first-order chi connectivity index (χ1) is 6.50. The molecule has 0 aliphatic rings. The van der Waals surface area contributed by atoms with Crippen molar-refractivity contribution in [3.63, 3.8) is 0 Å². The molecule has 0 fully saturated rings. The molecule has 0 aromatic heterocycles. The molecule has 0 heterocycles. The highest BCUT2D eigenvalue weighted by Crippen LogP contribution is 2.20. The van der Waals surface area contributed by atoms with Gasteiger partial charge in [-0.3, -0.25) is 4.79 Å². The van der Waals surface area contributed by atoms with Gasteiger partial charge in [0.05, 0.1) is 0 Å². The average molecular weight is 257 g/mol. The molecule has 76 valence electrons. The summed E-state index contributed by atoms with van der Waals surface area (Å²) in [5.74, 6) is -0.356. The number of rotatable bonds is 3. The number of carbonyl (C=O) groups excluding carboxylic acids is 1. The molecule has 3 nitrogen and oxygen atoms in total. The number of amides is 1. The molecule has 0 spiro atoms. The molecule has 4 heteroatoms. The van der Waals surface area contributed by atoms with Gasteiger partial charge in [0.15, 0.2) is 0 Å². The Morgan fingerprint density at radius 2 is 2.21 bits per heavy atom. The zero-order valence-corrected chi connectivity index (χ0v) is 9.76. The Labute approximate surface area is 91.8 Å². The lowest BCUT2D eigenvalue weighted by Gasteiger charge is -2.12. The van der Waals surface area contributed by atoms with E-state index in [9.17, 15) is 4.79 Å². The molecule has 1 rings (SSSR count). The van der Waals surface area contributed by atoms with Crippen molar-refractivity contribution in [1.82, 2.24) is 0 Å². The van der Waals surface area contributed by atoms with E-state index in [0.717, 1.165) is 15.7 Å². The summed E-state index contributed by atoms with van der Waals surface area (Å²) in [6.45, 7) is 3.73. The van der Waals surface area contributed by atoms with Crippen LogP contribution in [0.1, 0.15) is 12.5 Å². The van der Waals surface area contributed by atoms with Crippen LogP contribution in [0.3, 0.4) is 0 Å². The Bertz CT molecular complexity index is 352. The number of carbonyl (C=O) groups is 1. The van der Waals surface area contributed by atoms with Gasteiger partial charge < -0.3 is 11.1 Å². The molecule has 1 atom stereocenters. The van der Waals surface area contributed by atoms with Crippen molar-refractivity contribution in [2.75, 3.05) is 5.32 Å². The van der Waals surface area contributed by atoms with Gasteiger partial charge in [0.1, 0.15) is 6.04 Å². The molecule has 1 amide bonds. The average Bonchev–Trinajstić information content (AvgIpc) is 2.11. The van der Waals surface area contributed by atoms with Crippen LogP contribution in [0.5, 0.6) is 0 Å². The number of aryl methyl sites for hydroxylation is 1. The fourth-order valence-corrected chi connectivity index (χ4v) is 1.30.